The predicted octanol–water partition coefficient (Wildman–Crippen LogP) is 14.9. The minimum atomic E-state index is -1.22. The first-order chi connectivity index (χ1) is 29.2. The van der Waals surface area contributed by atoms with Crippen LogP contribution in [0.2, 0.25) is 19.6 Å². The van der Waals surface area contributed by atoms with E-state index in [2.05, 4.69) is 168 Å². The molecule has 0 N–H and O–H groups in total. The Morgan fingerprint density at radius 3 is 1.73 bits per heavy atom. The summed E-state index contributed by atoms with van der Waals surface area (Å²) in [6.07, 6.45) is 6.86. The minimum Gasteiger partial charge on any atom is -0.455 e. The fourth-order valence-corrected chi connectivity index (χ4v) is 8.59. The molecule has 0 aliphatic rings. The van der Waals surface area contributed by atoms with Gasteiger partial charge in [0.05, 0.1) is 25.2 Å². The molecule has 9 rings (SSSR count). The van der Waals surface area contributed by atoms with Crippen molar-refractivity contribution in [2.45, 2.75) is 67.6 Å². The number of aryl methyl sites for hydroxylation is 3. The Balaban J connectivity index is 0.000000182. The number of para-hydroxylation sites is 1. The Kier molecular flexibility index (Phi) is 14.7. The summed E-state index contributed by atoms with van der Waals surface area (Å²) in [6, 6.07) is 52.6. The van der Waals surface area contributed by atoms with Gasteiger partial charge in [0.15, 0.2) is 0 Å². The maximum atomic E-state index is 6.49. The molecular formula is C56H57IrN3OSi. The molecule has 4 nitrogen and oxygen atoms in total. The Hall–Kier alpha value is -5.78. The van der Waals surface area contributed by atoms with Crippen molar-refractivity contribution in [3.63, 3.8) is 0 Å². The number of fused-ring (bicyclic) bond motifs is 3. The summed E-state index contributed by atoms with van der Waals surface area (Å²) in [4.78, 5) is 13.6. The number of hydrogen-bond acceptors (Lipinski definition) is 4. The van der Waals surface area contributed by atoms with Crippen LogP contribution in [0, 0.1) is 26.2 Å². The molecule has 9 aromatic rings. The van der Waals surface area contributed by atoms with Crippen LogP contribution in [0.4, 0.5) is 0 Å². The van der Waals surface area contributed by atoms with Gasteiger partial charge in [-0.25, -0.2) is 0 Å². The van der Waals surface area contributed by atoms with Gasteiger partial charge in [0, 0.05) is 66.2 Å². The Bertz CT molecular complexity index is 2800. The topological polar surface area (TPSA) is 51.8 Å². The standard InChI is InChI=1S/C31H31NO.C14H17NSi.C11H9N.Ir/c1-19-12-20(2)14-23(13-19)22-10-11-25-26-8-7-9-27(30(26)33-29(25)16-22)28-15-24(17-31(4,5)6)21(3)18-32-28;1-16(2,3)13-9-10-14(15-11-13)12-7-5-4-6-8-12;1-2-6-10(7-3-1)11-8-4-5-9-12-11;/h7-16,18H,17H2,1-6H3;4-11H,1-3H3;1-9H;. The molecule has 4 heterocycles. The molecule has 0 spiro atoms. The van der Waals surface area contributed by atoms with E-state index in [1.54, 1.807) is 0 Å². The van der Waals surface area contributed by atoms with Crippen LogP contribution in [0.3, 0.4) is 0 Å². The molecule has 315 valence electrons. The van der Waals surface area contributed by atoms with Crippen LogP contribution in [0.1, 0.15) is 43.0 Å². The predicted molar refractivity (Wildman–Crippen MR) is 262 cm³/mol. The Morgan fingerprint density at radius 1 is 0.516 bits per heavy atom. The van der Waals surface area contributed by atoms with E-state index in [1.807, 2.05) is 73.2 Å². The number of nitrogens with zero attached hydrogens (tertiary/aromatic N) is 3. The number of furan rings is 1. The minimum absolute atomic E-state index is 0. The average molecular weight is 1010 g/mol. The zero-order valence-corrected chi connectivity index (χ0v) is 40.9. The molecule has 62 heavy (non-hydrogen) atoms. The third-order valence-electron chi connectivity index (χ3n) is 10.7. The van der Waals surface area contributed by atoms with Gasteiger partial charge in [-0.1, -0.05) is 161 Å². The molecule has 0 aliphatic heterocycles. The second-order valence-corrected chi connectivity index (χ2v) is 23.3. The van der Waals surface area contributed by atoms with E-state index in [0.29, 0.717) is 0 Å². The maximum Gasteiger partial charge on any atom is 0.144 e. The van der Waals surface area contributed by atoms with Crippen molar-refractivity contribution in [1.82, 2.24) is 15.0 Å². The molecule has 0 fully saturated rings. The molecule has 0 aliphatic carbocycles. The largest absolute Gasteiger partial charge is 0.455 e. The maximum absolute atomic E-state index is 6.49. The van der Waals surface area contributed by atoms with E-state index >= 15 is 0 Å². The molecule has 0 saturated heterocycles. The Morgan fingerprint density at radius 2 is 1.15 bits per heavy atom. The van der Waals surface area contributed by atoms with Gasteiger partial charge in [0.25, 0.3) is 0 Å². The summed E-state index contributed by atoms with van der Waals surface area (Å²) in [7, 11) is -1.22. The SMILES string of the molecule is C[Si](C)(C)c1ccc(-c2ccccc2)nc1.Cc1cc(C)cc(-c2ccc3c(c2)oc2c(-c4cc(CC(C)(C)C)c(C)cn4)cccc23)c1.[Ir].c1ccc(-c2ccccn2)cc1. The van der Waals surface area contributed by atoms with E-state index in [-0.39, 0.29) is 25.5 Å². The quantitative estimate of drug-likeness (QED) is 0.156. The van der Waals surface area contributed by atoms with Crippen LogP contribution in [-0.4, -0.2) is 23.0 Å². The van der Waals surface area contributed by atoms with Crippen molar-refractivity contribution in [1.29, 1.82) is 0 Å². The number of benzene rings is 5. The van der Waals surface area contributed by atoms with Crippen LogP contribution in [0.15, 0.2) is 175 Å². The van der Waals surface area contributed by atoms with Gasteiger partial charge < -0.3 is 4.42 Å². The molecule has 1 radical (unpaired) electrons. The third-order valence-corrected chi connectivity index (χ3v) is 12.7. The molecule has 0 unspecified atom stereocenters. The monoisotopic (exact) mass is 1010 g/mol. The van der Waals surface area contributed by atoms with Gasteiger partial charge in [0.2, 0.25) is 0 Å². The fraction of sp³-hybridized carbons (Fsp3) is 0.196. The summed E-state index contributed by atoms with van der Waals surface area (Å²) in [6.45, 7) is 20.3. The first-order valence-electron chi connectivity index (χ1n) is 21.2. The number of pyridine rings is 3. The van der Waals surface area contributed by atoms with Crippen LogP contribution < -0.4 is 5.19 Å². The van der Waals surface area contributed by atoms with Gasteiger partial charge >= 0.3 is 0 Å². The van der Waals surface area contributed by atoms with Gasteiger partial charge in [-0.3, -0.25) is 15.0 Å². The number of rotatable bonds is 6. The van der Waals surface area contributed by atoms with Crippen molar-refractivity contribution in [2.75, 3.05) is 0 Å². The van der Waals surface area contributed by atoms with E-state index in [0.717, 1.165) is 56.6 Å². The van der Waals surface area contributed by atoms with Crippen LogP contribution in [-0.2, 0) is 26.5 Å². The zero-order chi connectivity index (χ0) is 43.1. The van der Waals surface area contributed by atoms with Crippen molar-refractivity contribution >= 4 is 35.2 Å². The Labute approximate surface area is 382 Å². The van der Waals surface area contributed by atoms with Crippen molar-refractivity contribution in [3.05, 3.63) is 193 Å². The van der Waals surface area contributed by atoms with E-state index < -0.39 is 8.07 Å². The fourth-order valence-electron chi connectivity index (χ4n) is 7.56. The first-order valence-corrected chi connectivity index (χ1v) is 24.7. The van der Waals surface area contributed by atoms with E-state index in [4.69, 9.17) is 9.40 Å². The van der Waals surface area contributed by atoms with Crippen LogP contribution in [0.25, 0.3) is 66.8 Å². The van der Waals surface area contributed by atoms with Crippen molar-refractivity contribution in [2.24, 2.45) is 5.41 Å². The van der Waals surface area contributed by atoms with Crippen LogP contribution in [0.5, 0.6) is 0 Å². The first kappa shape index (κ1) is 45.7. The summed E-state index contributed by atoms with van der Waals surface area (Å²) in [5.74, 6) is 0. The van der Waals surface area contributed by atoms with Crippen LogP contribution >= 0.6 is 0 Å². The average Bonchev–Trinajstić information content (AvgIpc) is 3.63. The van der Waals surface area contributed by atoms with Crippen molar-refractivity contribution < 1.29 is 24.5 Å². The number of aromatic nitrogens is 3. The molecule has 0 amide bonds. The summed E-state index contributed by atoms with van der Waals surface area (Å²) in [5, 5.41) is 3.68. The summed E-state index contributed by atoms with van der Waals surface area (Å²) >= 11 is 0. The van der Waals surface area contributed by atoms with E-state index in [1.165, 1.54) is 44.1 Å². The zero-order valence-electron chi connectivity index (χ0n) is 37.5. The molecule has 0 saturated carbocycles. The van der Waals surface area contributed by atoms with E-state index in [9.17, 15) is 0 Å². The van der Waals surface area contributed by atoms with Gasteiger partial charge in [-0.15, -0.1) is 0 Å². The summed E-state index contributed by atoms with van der Waals surface area (Å²) < 4.78 is 6.49. The molecular weight excluding hydrogens is 951 g/mol. The smallest absolute Gasteiger partial charge is 0.144 e. The molecule has 0 bridgehead atoms. The normalized spacial score (nSPS) is 11.2. The van der Waals surface area contributed by atoms with Crippen molar-refractivity contribution in [3.8, 4) is 44.9 Å². The van der Waals surface area contributed by atoms with Gasteiger partial charge in [-0.05, 0) is 103 Å². The third kappa shape index (κ3) is 11.6. The van der Waals surface area contributed by atoms with Gasteiger partial charge in [0.1, 0.15) is 11.2 Å². The van der Waals surface area contributed by atoms with Gasteiger partial charge in [-0.2, -0.15) is 0 Å². The molecule has 5 aromatic carbocycles. The number of hydrogen-bond donors (Lipinski definition) is 0. The second-order valence-electron chi connectivity index (χ2n) is 18.2. The summed E-state index contributed by atoms with van der Waals surface area (Å²) in [5.41, 5.74) is 16.0. The molecule has 6 heteroatoms. The molecule has 0 atom stereocenters. The molecule has 4 aromatic heterocycles. The second kappa shape index (κ2) is 19.9.